The number of hydrogen-bond acceptors (Lipinski definition) is 4. The molecule has 14 heavy (non-hydrogen) atoms. The predicted octanol–water partition coefficient (Wildman–Crippen LogP) is 1.60. The lowest BCUT2D eigenvalue weighted by molar-refractivity contribution is 0.0604. The van der Waals surface area contributed by atoms with Crippen LogP contribution in [-0.4, -0.2) is 13.2 Å². The van der Waals surface area contributed by atoms with Gasteiger partial charge in [0, 0.05) is 12.7 Å². The highest BCUT2D eigenvalue weighted by Crippen LogP contribution is 2.21. The molecule has 2 atom stereocenters. The number of nitrogens with two attached hydrogens (primary N) is 1. The normalized spacial score (nSPS) is 15.4. The fourth-order valence-corrected chi connectivity index (χ4v) is 1.58. The first-order valence-electron chi connectivity index (χ1n) is 4.84. The SMILES string of the molecule is CCCC(OC)C(NN)c1ccoc1. The van der Waals surface area contributed by atoms with Gasteiger partial charge in [0.05, 0.1) is 24.7 Å². The summed E-state index contributed by atoms with van der Waals surface area (Å²) in [7, 11) is 1.70. The Morgan fingerprint density at radius 3 is 2.86 bits per heavy atom. The van der Waals surface area contributed by atoms with Crippen molar-refractivity contribution in [2.75, 3.05) is 7.11 Å². The Kier molecular flexibility index (Phi) is 4.65. The lowest BCUT2D eigenvalue weighted by Gasteiger charge is -2.23. The molecule has 0 fully saturated rings. The molecule has 0 radical (unpaired) electrons. The number of hydrazine groups is 1. The van der Waals surface area contributed by atoms with E-state index in [-0.39, 0.29) is 12.1 Å². The molecule has 0 aliphatic rings. The summed E-state index contributed by atoms with van der Waals surface area (Å²) in [4.78, 5) is 0. The minimum Gasteiger partial charge on any atom is -0.472 e. The minimum absolute atomic E-state index is 0.00120. The van der Waals surface area contributed by atoms with E-state index >= 15 is 0 Å². The van der Waals surface area contributed by atoms with Crippen LogP contribution in [0.25, 0.3) is 0 Å². The van der Waals surface area contributed by atoms with Crippen LogP contribution in [0.15, 0.2) is 23.0 Å². The smallest absolute Gasteiger partial charge is 0.0951 e. The van der Waals surface area contributed by atoms with E-state index in [2.05, 4.69) is 12.3 Å². The first-order chi connectivity index (χ1) is 6.83. The molecule has 2 unspecified atom stereocenters. The summed E-state index contributed by atoms with van der Waals surface area (Å²) in [6.45, 7) is 2.12. The summed E-state index contributed by atoms with van der Waals surface area (Å²) < 4.78 is 10.4. The van der Waals surface area contributed by atoms with E-state index in [0.29, 0.717) is 0 Å². The van der Waals surface area contributed by atoms with Crippen molar-refractivity contribution in [1.29, 1.82) is 0 Å². The molecule has 0 amide bonds. The molecule has 1 heterocycles. The highest BCUT2D eigenvalue weighted by molar-refractivity contribution is 5.13. The second kappa shape index (κ2) is 5.80. The predicted molar refractivity (Wildman–Crippen MR) is 54.5 cm³/mol. The van der Waals surface area contributed by atoms with Crippen molar-refractivity contribution in [1.82, 2.24) is 5.43 Å². The van der Waals surface area contributed by atoms with Gasteiger partial charge >= 0.3 is 0 Å². The maximum atomic E-state index is 5.50. The average molecular weight is 198 g/mol. The average Bonchev–Trinajstić information content (AvgIpc) is 2.71. The monoisotopic (exact) mass is 198 g/mol. The van der Waals surface area contributed by atoms with Gasteiger partial charge < -0.3 is 9.15 Å². The van der Waals surface area contributed by atoms with Crippen molar-refractivity contribution in [3.8, 4) is 0 Å². The molecule has 4 nitrogen and oxygen atoms in total. The molecule has 80 valence electrons. The molecule has 3 N–H and O–H groups in total. The first-order valence-corrected chi connectivity index (χ1v) is 4.84. The Morgan fingerprint density at radius 1 is 1.64 bits per heavy atom. The quantitative estimate of drug-likeness (QED) is 0.538. The van der Waals surface area contributed by atoms with Crippen molar-refractivity contribution in [3.63, 3.8) is 0 Å². The number of ether oxygens (including phenoxy) is 1. The molecular formula is C10H18N2O2. The second-order valence-corrected chi connectivity index (χ2v) is 3.26. The van der Waals surface area contributed by atoms with Crippen LogP contribution >= 0.6 is 0 Å². The van der Waals surface area contributed by atoms with Gasteiger partial charge in [-0.3, -0.25) is 11.3 Å². The van der Waals surface area contributed by atoms with E-state index in [9.17, 15) is 0 Å². The van der Waals surface area contributed by atoms with Crippen LogP contribution in [0.5, 0.6) is 0 Å². The zero-order chi connectivity index (χ0) is 10.4. The van der Waals surface area contributed by atoms with Crippen LogP contribution in [0.2, 0.25) is 0 Å². The van der Waals surface area contributed by atoms with Gasteiger partial charge in [0.1, 0.15) is 0 Å². The van der Waals surface area contributed by atoms with Crippen LogP contribution < -0.4 is 11.3 Å². The third kappa shape index (κ3) is 2.57. The van der Waals surface area contributed by atoms with Gasteiger partial charge in [-0.05, 0) is 12.5 Å². The standard InChI is InChI=1S/C10H18N2O2/c1-3-4-9(13-2)10(12-11)8-5-6-14-7-8/h5-7,9-10,12H,3-4,11H2,1-2H3. The molecule has 0 saturated carbocycles. The summed E-state index contributed by atoms with van der Waals surface area (Å²) in [5.74, 6) is 5.50. The fourth-order valence-electron chi connectivity index (χ4n) is 1.58. The molecular weight excluding hydrogens is 180 g/mol. The van der Waals surface area contributed by atoms with Gasteiger partial charge in [0.15, 0.2) is 0 Å². The number of hydrogen-bond donors (Lipinski definition) is 2. The topological polar surface area (TPSA) is 60.4 Å². The highest BCUT2D eigenvalue weighted by atomic mass is 16.5. The van der Waals surface area contributed by atoms with E-state index in [1.807, 2.05) is 6.07 Å². The maximum absolute atomic E-state index is 5.50. The number of furan rings is 1. The van der Waals surface area contributed by atoms with Crippen molar-refractivity contribution < 1.29 is 9.15 Å². The lowest BCUT2D eigenvalue weighted by atomic mass is 10.0. The van der Waals surface area contributed by atoms with Crippen molar-refractivity contribution in [2.24, 2.45) is 5.84 Å². The summed E-state index contributed by atoms with van der Waals surface area (Å²) in [6, 6.07) is 1.89. The van der Waals surface area contributed by atoms with Crippen molar-refractivity contribution in [2.45, 2.75) is 31.9 Å². The van der Waals surface area contributed by atoms with Gasteiger partial charge in [-0.25, -0.2) is 0 Å². The molecule has 0 aliphatic heterocycles. The number of nitrogens with one attached hydrogen (secondary N) is 1. The molecule has 0 spiro atoms. The van der Waals surface area contributed by atoms with Gasteiger partial charge in [-0.1, -0.05) is 13.3 Å². The highest BCUT2D eigenvalue weighted by Gasteiger charge is 2.21. The van der Waals surface area contributed by atoms with Gasteiger partial charge in [0.2, 0.25) is 0 Å². The largest absolute Gasteiger partial charge is 0.472 e. The Morgan fingerprint density at radius 2 is 2.43 bits per heavy atom. The third-order valence-corrected chi connectivity index (χ3v) is 2.33. The molecule has 1 aromatic rings. The minimum atomic E-state index is -0.00120. The van der Waals surface area contributed by atoms with Crippen molar-refractivity contribution >= 4 is 0 Å². The number of rotatable bonds is 6. The Bertz CT molecular complexity index is 236. The van der Waals surface area contributed by atoms with Crippen LogP contribution in [0, 0.1) is 0 Å². The number of methoxy groups -OCH3 is 1. The van der Waals surface area contributed by atoms with Gasteiger partial charge in [0.25, 0.3) is 0 Å². The van der Waals surface area contributed by atoms with E-state index in [0.717, 1.165) is 18.4 Å². The zero-order valence-electron chi connectivity index (χ0n) is 8.69. The molecule has 0 aliphatic carbocycles. The van der Waals surface area contributed by atoms with Crippen LogP contribution in [-0.2, 0) is 4.74 Å². The van der Waals surface area contributed by atoms with E-state index in [1.54, 1.807) is 19.6 Å². The summed E-state index contributed by atoms with van der Waals surface area (Å²) >= 11 is 0. The van der Waals surface area contributed by atoms with E-state index in [4.69, 9.17) is 15.0 Å². The lowest BCUT2D eigenvalue weighted by Crippen LogP contribution is -2.37. The molecule has 0 aromatic carbocycles. The Labute approximate surface area is 84.4 Å². The Balaban J connectivity index is 2.68. The zero-order valence-corrected chi connectivity index (χ0v) is 8.69. The summed E-state index contributed by atoms with van der Waals surface area (Å²) in [5.41, 5.74) is 3.78. The third-order valence-electron chi connectivity index (χ3n) is 2.33. The van der Waals surface area contributed by atoms with Crippen LogP contribution in [0.3, 0.4) is 0 Å². The first kappa shape index (κ1) is 11.2. The molecule has 4 heteroatoms. The Hall–Kier alpha value is -0.840. The second-order valence-electron chi connectivity index (χ2n) is 3.26. The summed E-state index contributed by atoms with van der Waals surface area (Å²) in [5, 5.41) is 0. The van der Waals surface area contributed by atoms with Crippen LogP contribution in [0.1, 0.15) is 31.4 Å². The maximum Gasteiger partial charge on any atom is 0.0951 e. The molecule has 1 aromatic heterocycles. The van der Waals surface area contributed by atoms with Gasteiger partial charge in [-0.15, -0.1) is 0 Å². The molecule has 0 bridgehead atoms. The summed E-state index contributed by atoms with van der Waals surface area (Å²) in [6.07, 6.45) is 5.44. The van der Waals surface area contributed by atoms with Gasteiger partial charge in [-0.2, -0.15) is 0 Å². The molecule has 0 saturated heterocycles. The van der Waals surface area contributed by atoms with Crippen molar-refractivity contribution in [3.05, 3.63) is 24.2 Å². The van der Waals surface area contributed by atoms with Crippen LogP contribution in [0.4, 0.5) is 0 Å². The molecule has 1 rings (SSSR count). The van der Waals surface area contributed by atoms with E-state index < -0.39 is 0 Å². The van der Waals surface area contributed by atoms with E-state index in [1.165, 1.54) is 0 Å². The fraction of sp³-hybridized carbons (Fsp3) is 0.600.